The number of nitrogens with zero attached hydrogens (tertiary/aromatic N) is 4. The van der Waals surface area contributed by atoms with E-state index in [1.807, 2.05) is 30.3 Å². The van der Waals surface area contributed by atoms with Crippen molar-refractivity contribution in [1.29, 1.82) is 0 Å². The zero-order chi connectivity index (χ0) is 31.1. The molecule has 5 aromatic rings. The van der Waals surface area contributed by atoms with E-state index in [0.29, 0.717) is 12.1 Å². The van der Waals surface area contributed by atoms with Gasteiger partial charge in [0.05, 0.1) is 12.8 Å². The van der Waals surface area contributed by atoms with E-state index < -0.39 is 5.54 Å². The first-order valence-electron chi connectivity index (χ1n) is 16.1. The van der Waals surface area contributed by atoms with Gasteiger partial charge in [0, 0.05) is 66.4 Å². The number of aromatic hydroxyl groups is 1. The Balaban J connectivity index is 1.46. The van der Waals surface area contributed by atoms with Gasteiger partial charge in [-0.15, -0.1) is 0 Å². The molecule has 6 nitrogen and oxygen atoms in total. The Labute approximate surface area is 265 Å². The van der Waals surface area contributed by atoms with Gasteiger partial charge >= 0.3 is 0 Å². The lowest BCUT2D eigenvalue weighted by molar-refractivity contribution is 0.171. The van der Waals surface area contributed by atoms with Crippen LogP contribution in [0.25, 0.3) is 10.8 Å². The van der Waals surface area contributed by atoms with Gasteiger partial charge in [-0.25, -0.2) is 0 Å². The lowest BCUT2D eigenvalue weighted by atomic mass is 9.75. The summed E-state index contributed by atoms with van der Waals surface area (Å²) in [5.41, 5.74) is 6.78. The minimum atomic E-state index is -0.716. The number of anilines is 2. The average molecular weight is 597 g/mol. The number of phenolic OH excluding ortho intramolecular Hbond substituents is 1. The van der Waals surface area contributed by atoms with Crippen LogP contribution in [0.2, 0.25) is 0 Å². The maximum absolute atomic E-state index is 11.0. The van der Waals surface area contributed by atoms with Crippen molar-refractivity contribution in [1.82, 2.24) is 5.01 Å². The van der Waals surface area contributed by atoms with Crippen LogP contribution in [0.5, 0.6) is 17.2 Å². The largest absolute Gasteiger partial charge is 0.507 e. The Kier molecular flexibility index (Phi) is 7.36. The van der Waals surface area contributed by atoms with Crippen molar-refractivity contribution < 1.29 is 9.84 Å². The predicted molar refractivity (Wildman–Crippen MR) is 185 cm³/mol. The third-order valence-electron chi connectivity index (χ3n) is 9.53. The van der Waals surface area contributed by atoms with E-state index in [9.17, 15) is 5.11 Å². The number of hydrogen-bond acceptors (Lipinski definition) is 6. The van der Waals surface area contributed by atoms with Crippen molar-refractivity contribution in [2.24, 2.45) is 5.10 Å². The van der Waals surface area contributed by atoms with Crippen LogP contribution in [0.15, 0.2) is 102 Å². The lowest BCUT2D eigenvalue weighted by Crippen LogP contribution is -2.42. The molecule has 0 aromatic heterocycles. The monoisotopic (exact) mass is 596 g/mol. The molecule has 0 aliphatic carbocycles. The molecule has 228 valence electrons. The standard InChI is InChI=1S/C39H40N4O2/c1-5-41(6-2)31-17-19-34-37(23-31)45-38-24-32(42(7-3)8-4)18-20-35(38)39(34)33-16-12-11-15-29(33)26-43(39)40-25-30-21-27-13-9-10-14-28(27)22-36(30)44/h9-25,44H,5-8,26H2,1-4H3/b40-25+. The Bertz CT molecular complexity index is 1850. The molecule has 0 radical (unpaired) electrons. The SMILES string of the molecule is CCN(CC)c1ccc2c(c1)Oc1cc(N(CC)CC)ccc1C21c2ccccc2CN1/N=C/c1cc2ccccc2cc1O. The summed E-state index contributed by atoms with van der Waals surface area (Å²) in [5.74, 6) is 1.90. The molecule has 6 heteroatoms. The highest BCUT2D eigenvalue weighted by Crippen LogP contribution is 2.58. The average Bonchev–Trinajstić information content (AvgIpc) is 3.39. The van der Waals surface area contributed by atoms with Crippen molar-refractivity contribution >= 4 is 28.4 Å². The Morgan fingerprint density at radius 1 is 0.711 bits per heavy atom. The maximum atomic E-state index is 11.0. The third kappa shape index (κ3) is 4.59. The molecule has 0 unspecified atom stereocenters. The van der Waals surface area contributed by atoms with Gasteiger partial charge in [-0.05, 0) is 73.9 Å². The zero-order valence-electron chi connectivity index (χ0n) is 26.5. The summed E-state index contributed by atoms with van der Waals surface area (Å²) in [4.78, 5) is 4.69. The van der Waals surface area contributed by atoms with Crippen molar-refractivity contribution in [3.05, 3.63) is 125 Å². The van der Waals surface area contributed by atoms with E-state index in [1.54, 1.807) is 6.21 Å². The van der Waals surface area contributed by atoms with E-state index >= 15 is 0 Å². The molecule has 0 saturated carbocycles. The van der Waals surface area contributed by atoms with E-state index in [-0.39, 0.29) is 5.75 Å². The second kappa shape index (κ2) is 11.5. The van der Waals surface area contributed by atoms with Crippen molar-refractivity contribution in [2.75, 3.05) is 36.0 Å². The molecule has 5 aromatic carbocycles. The molecular weight excluding hydrogens is 556 g/mol. The summed E-state index contributed by atoms with van der Waals surface area (Å²) in [6, 6.07) is 33.8. The number of fused-ring (bicyclic) bond motifs is 7. The number of hydrogen-bond donors (Lipinski definition) is 1. The van der Waals surface area contributed by atoms with Crippen molar-refractivity contribution in [3.8, 4) is 17.2 Å². The van der Waals surface area contributed by atoms with Gasteiger partial charge in [0.1, 0.15) is 22.8 Å². The molecule has 2 aliphatic rings. The normalized spacial score (nSPS) is 14.4. The fraction of sp³-hybridized carbons (Fsp3) is 0.256. The molecule has 45 heavy (non-hydrogen) atoms. The quantitative estimate of drug-likeness (QED) is 0.182. The Hall–Kier alpha value is -4.97. The molecule has 2 aliphatic heterocycles. The van der Waals surface area contributed by atoms with E-state index in [2.05, 4.69) is 109 Å². The van der Waals surface area contributed by atoms with Crippen LogP contribution in [-0.4, -0.2) is 42.5 Å². The van der Waals surface area contributed by atoms with Gasteiger partial charge in [-0.1, -0.05) is 60.7 Å². The predicted octanol–water partition coefficient (Wildman–Crippen LogP) is 8.49. The molecule has 0 atom stereocenters. The molecule has 0 bridgehead atoms. The molecule has 2 heterocycles. The van der Waals surface area contributed by atoms with Crippen LogP contribution in [0.1, 0.15) is 55.5 Å². The minimum Gasteiger partial charge on any atom is -0.507 e. The Morgan fingerprint density at radius 2 is 1.27 bits per heavy atom. The highest BCUT2D eigenvalue weighted by molar-refractivity contribution is 5.93. The minimum absolute atomic E-state index is 0.212. The second-order valence-corrected chi connectivity index (χ2v) is 11.7. The number of hydrazone groups is 1. The molecule has 0 fully saturated rings. The first-order valence-corrected chi connectivity index (χ1v) is 16.1. The molecule has 7 rings (SSSR count). The molecule has 0 amide bonds. The number of phenols is 1. The van der Waals surface area contributed by atoms with Gasteiger partial charge in [0.2, 0.25) is 0 Å². The molecule has 1 spiro atoms. The van der Waals surface area contributed by atoms with E-state index in [4.69, 9.17) is 9.84 Å². The fourth-order valence-corrected chi connectivity index (χ4v) is 7.23. The van der Waals surface area contributed by atoms with Gasteiger partial charge in [0.15, 0.2) is 0 Å². The molecule has 1 N–H and O–H groups in total. The summed E-state index contributed by atoms with van der Waals surface area (Å²) in [6.07, 6.45) is 1.80. The Morgan fingerprint density at radius 3 is 1.87 bits per heavy atom. The first kappa shape index (κ1) is 28.8. The highest BCUT2D eigenvalue weighted by Gasteiger charge is 2.53. The first-order chi connectivity index (χ1) is 22.0. The fourth-order valence-electron chi connectivity index (χ4n) is 7.23. The van der Waals surface area contributed by atoms with Crippen LogP contribution in [0.4, 0.5) is 11.4 Å². The van der Waals surface area contributed by atoms with E-state index in [1.165, 1.54) is 11.1 Å². The van der Waals surface area contributed by atoms with Crippen molar-refractivity contribution in [2.45, 2.75) is 39.8 Å². The van der Waals surface area contributed by atoms with Gasteiger partial charge in [-0.2, -0.15) is 5.10 Å². The van der Waals surface area contributed by atoms with Gasteiger partial charge in [0.25, 0.3) is 0 Å². The molecule has 0 saturated heterocycles. The number of benzene rings is 5. The zero-order valence-corrected chi connectivity index (χ0v) is 26.5. The third-order valence-corrected chi connectivity index (χ3v) is 9.53. The second-order valence-electron chi connectivity index (χ2n) is 11.7. The summed E-state index contributed by atoms with van der Waals surface area (Å²) in [6.45, 7) is 13.0. The highest BCUT2D eigenvalue weighted by atomic mass is 16.5. The number of ether oxygens (including phenoxy) is 1. The topological polar surface area (TPSA) is 51.5 Å². The van der Waals surface area contributed by atoms with Gasteiger partial charge in [-0.3, -0.25) is 5.01 Å². The van der Waals surface area contributed by atoms with Crippen molar-refractivity contribution in [3.63, 3.8) is 0 Å². The lowest BCUT2D eigenvalue weighted by Gasteiger charge is -2.43. The van der Waals surface area contributed by atoms with Crippen LogP contribution < -0.4 is 14.5 Å². The maximum Gasteiger partial charge on any atom is 0.141 e. The van der Waals surface area contributed by atoms with Crippen LogP contribution in [0, 0.1) is 0 Å². The van der Waals surface area contributed by atoms with Crippen LogP contribution in [0.3, 0.4) is 0 Å². The van der Waals surface area contributed by atoms with E-state index in [0.717, 1.165) is 71.0 Å². The molecular formula is C39H40N4O2. The number of rotatable bonds is 8. The summed E-state index contributed by atoms with van der Waals surface area (Å²) >= 11 is 0. The summed E-state index contributed by atoms with van der Waals surface area (Å²) in [7, 11) is 0. The summed E-state index contributed by atoms with van der Waals surface area (Å²) < 4.78 is 6.85. The van der Waals surface area contributed by atoms with Crippen LogP contribution in [-0.2, 0) is 12.1 Å². The summed E-state index contributed by atoms with van der Waals surface area (Å²) in [5, 5.41) is 20.4. The smallest absolute Gasteiger partial charge is 0.141 e. The van der Waals surface area contributed by atoms with Gasteiger partial charge < -0.3 is 19.6 Å². The van der Waals surface area contributed by atoms with Crippen LogP contribution >= 0.6 is 0 Å².